The van der Waals surface area contributed by atoms with Crippen LogP contribution in [0.15, 0.2) is 40.2 Å². The van der Waals surface area contributed by atoms with Crippen molar-refractivity contribution in [2.75, 3.05) is 5.75 Å². The Balaban J connectivity index is 2.04. The molecule has 0 radical (unpaired) electrons. The predicted molar refractivity (Wildman–Crippen MR) is 75.2 cm³/mol. The largest absolute Gasteiger partial charge is 0.303 e. The Hall–Kier alpha value is -0.540. The summed E-state index contributed by atoms with van der Waals surface area (Å²) in [5.74, 6) is 2.41. The first-order valence-corrected chi connectivity index (χ1v) is 7.91. The first kappa shape index (κ1) is 11.9. The van der Waals surface area contributed by atoms with Crippen LogP contribution < -0.4 is 0 Å². The first-order chi connectivity index (χ1) is 7.79. The van der Waals surface area contributed by atoms with Crippen LogP contribution in [-0.4, -0.2) is 12.0 Å². The third kappa shape index (κ3) is 2.98. The highest BCUT2D eigenvalue weighted by atomic mass is 79.9. The number of rotatable bonds is 3. The summed E-state index contributed by atoms with van der Waals surface area (Å²) < 4.78 is 1.26. The topological polar surface area (TPSA) is 17.1 Å². The number of aldehydes is 1. The minimum absolute atomic E-state index is 0.123. The van der Waals surface area contributed by atoms with E-state index in [1.54, 1.807) is 0 Å². The third-order valence-electron chi connectivity index (χ3n) is 2.78. The zero-order valence-electron chi connectivity index (χ0n) is 8.97. The number of thiol groups is 1. The molecule has 86 valence electrons. The summed E-state index contributed by atoms with van der Waals surface area (Å²) in [6.45, 7) is 0. The summed E-state index contributed by atoms with van der Waals surface area (Å²) in [4.78, 5) is 10.7. The van der Waals surface area contributed by atoms with E-state index in [0.717, 1.165) is 24.2 Å². The minimum atomic E-state index is -0.123. The van der Waals surface area contributed by atoms with Gasteiger partial charge in [0.2, 0.25) is 0 Å². The Morgan fingerprint density at radius 1 is 1.38 bits per heavy atom. The van der Waals surface area contributed by atoms with Gasteiger partial charge in [-0.2, -0.15) is 0 Å². The van der Waals surface area contributed by atoms with Gasteiger partial charge >= 0.3 is 0 Å². The van der Waals surface area contributed by atoms with E-state index in [1.807, 2.05) is 6.07 Å². The van der Waals surface area contributed by atoms with Gasteiger partial charge < -0.3 is 4.79 Å². The lowest BCUT2D eigenvalue weighted by Crippen LogP contribution is -2.09. The number of hydrogen-bond acceptors (Lipinski definition) is 1. The van der Waals surface area contributed by atoms with Gasteiger partial charge in [-0.1, -0.05) is 36.4 Å². The van der Waals surface area contributed by atoms with Crippen molar-refractivity contribution in [2.45, 2.75) is 12.2 Å². The second kappa shape index (κ2) is 5.69. The monoisotopic (exact) mass is 298 g/mol. The Labute approximate surface area is 107 Å². The molecule has 0 amide bonds. The Bertz CT molecular complexity index is 388. The molecule has 1 aromatic rings. The Morgan fingerprint density at radius 3 is 2.75 bits per heavy atom. The number of carbonyl (C=O) groups is 1. The van der Waals surface area contributed by atoms with Crippen LogP contribution in [0.25, 0.3) is 0 Å². The number of hydrogen-bond donors (Lipinski definition) is 1. The van der Waals surface area contributed by atoms with Crippen LogP contribution in [0, 0.1) is 5.92 Å². The summed E-state index contributed by atoms with van der Waals surface area (Å²) in [6.07, 6.45) is 4.15. The first-order valence-electron chi connectivity index (χ1n) is 5.41. The molecule has 0 bridgehead atoms. The third-order valence-corrected chi connectivity index (χ3v) is 6.84. The van der Waals surface area contributed by atoms with E-state index in [-0.39, 0.29) is 16.8 Å². The number of carbonyl (C=O) groups excluding carboxylic acids is 1. The Kier molecular flexibility index (Phi) is 4.24. The molecule has 1 nitrogen and oxygen atoms in total. The maximum atomic E-state index is 10.7. The van der Waals surface area contributed by atoms with Crippen LogP contribution in [-0.2, 0) is 10.5 Å². The zero-order chi connectivity index (χ0) is 11.4. The molecule has 1 heterocycles. The lowest BCUT2D eigenvalue weighted by atomic mass is 10.1. The molecule has 0 saturated carbocycles. The van der Waals surface area contributed by atoms with Gasteiger partial charge in [0.25, 0.3) is 0 Å². The summed E-state index contributed by atoms with van der Waals surface area (Å²) >= 11 is 3.62. The van der Waals surface area contributed by atoms with Gasteiger partial charge in [-0.05, 0) is 33.7 Å². The lowest BCUT2D eigenvalue weighted by molar-refractivity contribution is -0.109. The van der Waals surface area contributed by atoms with Crippen LogP contribution in [0.2, 0.25) is 0 Å². The van der Waals surface area contributed by atoms with Crippen LogP contribution in [0.1, 0.15) is 12.0 Å². The van der Waals surface area contributed by atoms with Crippen molar-refractivity contribution in [3.63, 3.8) is 0 Å². The molecule has 0 fully saturated rings. The summed E-state index contributed by atoms with van der Waals surface area (Å²) in [7, 11) is -0.123. The second-order valence-electron chi connectivity index (χ2n) is 3.99. The van der Waals surface area contributed by atoms with Crippen LogP contribution >= 0.6 is 26.8 Å². The van der Waals surface area contributed by atoms with Crippen LogP contribution in [0.4, 0.5) is 0 Å². The van der Waals surface area contributed by atoms with Gasteiger partial charge in [0.05, 0.1) is 0 Å². The maximum absolute atomic E-state index is 10.7. The molecule has 0 spiro atoms. The molecular formula is C13H15BrOS. The highest BCUT2D eigenvalue weighted by Gasteiger charge is 2.18. The molecule has 0 aliphatic carbocycles. The Morgan fingerprint density at radius 2 is 2.12 bits per heavy atom. The molecular weight excluding hydrogens is 284 g/mol. The highest BCUT2D eigenvalue weighted by molar-refractivity contribution is 9.14. The predicted octanol–water partition coefficient (Wildman–Crippen LogP) is 3.64. The summed E-state index contributed by atoms with van der Waals surface area (Å²) in [5.41, 5.74) is 1.39. The molecule has 0 saturated heterocycles. The minimum Gasteiger partial charge on any atom is -0.303 e. The highest BCUT2D eigenvalue weighted by Crippen LogP contribution is 2.47. The average Bonchev–Trinajstić information content (AvgIpc) is 2.33. The average molecular weight is 299 g/mol. The molecule has 2 rings (SSSR count). The summed E-state index contributed by atoms with van der Waals surface area (Å²) in [6, 6.07) is 10.6. The summed E-state index contributed by atoms with van der Waals surface area (Å²) in [5, 5.41) is 0. The molecule has 3 heteroatoms. The molecule has 1 aliphatic heterocycles. The van der Waals surface area contributed by atoms with Gasteiger partial charge in [0.15, 0.2) is 0 Å². The molecule has 1 aromatic carbocycles. The number of allylic oxidation sites excluding steroid dienone is 1. The van der Waals surface area contributed by atoms with Crippen molar-refractivity contribution in [3.8, 4) is 0 Å². The van der Waals surface area contributed by atoms with Crippen molar-refractivity contribution in [1.82, 2.24) is 0 Å². The number of benzene rings is 1. The van der Waals surface area contributed by atoms with Crippen molar-refractivity contribution in [1.29, 1.82) is 0 Å². The van der Waals surface area contributed by atoms with E-state index in [0.29, 0.717) is 0 Å². The zero-order valence-corrected chi connectivity index (χ0v) is 11.5. The van der Waals surface area contributed by atoms with E-state index in [1.165, 1.54) is 9.38 Å². The fourth-order valence-corrected chi connectivity index (χ4v) is 5.28. The smallest absolute Gasteiger partial charge is 0.126 e. The van der Waals surface area contributed by atoms with Crippen LogP contribution in [0.5, 0.6) is 0 Å². The molecule has 0 N–H and O–H groups in total. The van der Waals surface area contributed by atoms with Crippen molar-refractivity contribution >= 4 is 33.1 Å². The van der Waals surface area contributed by atoms with Crippen molar-refractivity contribution < 1.29 is 4.79 Å². The normalized spacial score (nSPS) is 27.2. The molecule has 2 unspecified atom stereocenters. The SMILES string of the molecule is O=CC1C=C(Br)[SH](Cc2ccccc2)CC1. The van der Waals surface area contributed by atoms with Gasteiger partial charge in [-0.25, -0.2) is 10.9 Å². The quantitative estimate of drug-likeness (QED) is 0.666. The number of halogens is 1. The second-order valence-corrected chi connectivity index (χ2v) is 7.78. The molecule has 16 heavy (non-hydrogen) atoms. The maximum Gasteiger partial charge on any atom is 0.126 e. The van der Waals surface area contributed by atoms with Gasteiger partial charge in [0, 0.05) is 15.5 Å². The standard InChI is InChI=1S/C13H15BrOS/c14-13-8-12(9-15)6-7-16(13)10-11-4-2-1-3-5-11/h1-5,8-9,12,16H,6-7,10H2. The molecule has 2 atom stereocenters. The van der Waals surface area contributed by atoms with E-state index in [9.17, 15) is 4.79 Å². The fraction of sp³-hybridized carbons (Fsp3) is 0.308. The van der Waals surface area contributed by atoms with Gasteiger partial charge in [0.1, 0.15) is 6.29 Å². The van der Waals surface area contributed by atoms with Crippen LogP contribution in [0.3, 0.4) is 0 Å². The van der Waals surface area contributed by atoms with Gasteiger partial charge in [-0.15, -0.1) is 0 Å². The molecule has 1 aliphatic rings. The van der Waals surface area contributed by atoms with E-state index in [2.05, 4.69) is 46.3 Å². The van der Waals surface area contributed by atoms with E-state index in [4.69, 9.17) is 0 Å². The van der Waals surface area contributed by atoms with Crippen molar-refractivity contribution in [3.05, 3.63) is 45.8 Å². The van der Waals surface area contributed by atoms with Crippen molar-refractivity contribution in [2.24, 2.45) is 5.92 Å². The van der Waals surface area contributed by atoms with E-state index < -0.39 is 0 Å². The van der Waals surface area contributed by atoms with E-state index >= 15 is 0 Å². The fourth-order valence-electron chi connectivity index (χ4n) is 1.84. The lowest BCUT2D eigenvalue weighted by Gasteiger charge is -2.27. The van der Waals surface area contributed by atoms with Gasteiger partial charge in [-0.3, -0.25) is 0 Å². The molecule has 0 aromatic heterocycles.